The molecule has 0 rings (SSSR count). The lowest BCUT2D eigenvalue weighted by Crippen LogP contribution is -2.17. The first-order valence-corrected chi connectivity index (χ1v) is 4.14. The Morgan fingerprint density at radius 3 is 2.36 bits per heavy atom. The Morgan fingerprint density at radius 2 is 1.82 bits per heavy atom. The normalized spacial score (nSPS) is 13.4. The van der Waals surface area contributed by atoms with Gasteiger partial charge in [-0.15, -0.1) is 0 Å². The van der Waals surface area contributed by atoms with E-state index in [2.05, 4.69) is 0 Å². The monoisotopic (exact) mass is 162 g/mol. The molecule has 0 aromatic carbocycles. The summed E-state index contributed by atoms with van der Waals surface area (Å²) in [4.78, 5) is 0. The number of hydrogen-bond donors (Lipinski definition) is 1. The molecular formula is C8H18O3. The third kappa shape index (κ3) is 7.78. The lowest BCUT2D eigenvalue weighted by Gasteiger charge is -2.09. The van der Waals surface area contributed by atoms with E-state index in [4.69, 9.17) is 9.47 Å². The van der Waals surface area contributed by atoms with Crippen LogP contribution in [0.1, 0.15) is 20.3 Å². The van der Waals surface area contributed by atoms with Crippen molar-refractivity contribution in [2.24, 2.45) is 0 Å². The molecule has 0 amide bonds. The zero-order valence-electron chi connectivity index (χ0n) is 7.38. The second-order valence-electron chi connectivity index (χ2n) is 2.30. The molecule has 1 N–H and O–H groups in total. The smallest absolute Gasteiger partial charge is 0.0795 e. The minimum Gasteiger partial charge on any atom is -0.391 e. The zero-order chi connectivity index (χ0) is 8.53. The van der Waals surface area contributed by atoms with Crippen LogP contribution >= 0.6 is 0 Å². The Balaban J connectivity index is 3.02. The Morgan fingerprint density at radius 1 is 1.18 bits per heavy atom. The van der Waals surface area contributed by atoms with Crippen LogP contribution in [0.4, 0.5) is 0 Å². The molecule has 0 aliphatic rings. The molecule has 0 aromatic rings. The fourth-order valence-corrected chi connectivity index (χ4v) is 0.701. The van der Waals surface area contributed by atoms with E-state index < -0.39 is 0 Å². The third-order valence-corrected chi connectivity index (χ3v) is 1.31. The molecule has 0 heterocycles. The molecule has 0 bridgehead atoms. The minimum absolute atomic E-state index is 0.374. The Labute approximate surface area is 68.3 Å². The Bertz CT molecular complexity index is 75.7. The first-order chi connectivity index (χ1) is 5.31. The van der Waals surface area contributed by atoms with E-state index >= 15 is 0 Å². The predicted octanol–water partition coefficient (Wildman–Crippen LogP) is 0.810. The Kier molecular flexibility index (Phi) is 7.89. The molecule has 0 unspecified atom stereocenters. The van der Waals surface area contributed by atoms with Crippen LogP contribution in [-0.2, 0) is 9.47 Å². The van der Waals surface area contributed by atoms with Crippen LogP contribution in [0.3, 0.4) is 0 Å². The molecule has 11 heavy (non-hydrogen) atoms. The van der Waals surface area contributed by atoms with E-state index in [1.54, 1.807) is 0 Å². The molecule has 0 saturated carbocycles. The van der Waals surface area contributed by atoms with Gasteiger partial charge >= 0.3 is 0 Å². The molecule has 0 fully saturated rings. The van der Waals surface area contributed by atoms with Crippen molar-refractivity contribution in [2.75, 3.05) is 26.4 Å². The SMILES string of the molecule is CCOCC[C@@H](O)COCC. The average molecular weight is 162 g/mol. The van der Waals surface area contributed by atoms with E-state index in [0.717, 1.165) is 0 Å². The summed E-state index contributed by atoms with van der Waals surface area (Å²) in [5.74, 6) is 0. The van der Waals surface area contributed by atoms with Crippen LogP contribution in [0.15, 0.2) is 0 Å². The van der Waals surface area contributed by atoms with Crippen molar-refractivity contribution >= 4 is 0 Å². The highest BCUT2D eigenvalue weighted by Crippen LogP contribution is 1.93. The topological polar surface area (TPSA) is 38.7 Å². The standard InChI is InChI=1S/C8H18O3/c1-3-10-6-5-8(9)7-11-4-2/h8-9H,3-7H2,1-2H3/t8-/m1/s1. The van der Waals surface area contributed by atoms with E-state index in [-0.39, 0.29) is 6.10 Å². The summed E-state index contributed by atoms with van der Waals surface area (Å²) in [6.45, 7) is 6.26. The summed E-state index contributed by atoms with van der Waals surface area (Å²) >= 11 is 0. The second kappa shape index (κ2) is 7.98. The van der Waals surface area contributed by atoms with Gasteiger partial charge in [-0.05, 0) is 20.3 Å². The predicted molar refractivity (Wildman–Crippen MR) is 43.6 cm³/mol. The van der Waals surface area contributed by atoms with Crippen molar-refractivity contribution < 1.29 is 14.6 Å². The number of aliphatic hydroxyl groups is 1. The van der Waals surface area contributed by atoms with Gasteiger partial charge in [-0.2, -0.15) is 0 Å². The van der Waals surface area contributed by atoms with Gasteiger partial charge in [0.05, 0.1) is 12.7 Å². The summed E-state index contributed by atoms with van der Waals surface area (Å²) in [5.41, 5.74) is 0. The number of hydrogen-bond acceptors (Lipinski definition) is 3. The van der Waals surface area contributed by atoms with Gasteiger partial charge in [-0.25, -0.2) is 0 Å². The van der Waals surface area contributed by atoms with Crippen LogP contribution in [-0.4, -0.2) is 37.6 Å². The van der Waals surface area contributed by atoms with Crippen molar-refractivity contribution in [3.05, 3.63) is 0 Å². The highest BCUT2D eigenvalue weighted by molar-refractivity contribution is 4.51. The van der Waals surface area contributed by atoms with Crippen LogP contribution in [0, 0.1) is 0 Å². The van der Waals surface area contributed by atoms with E-state index in [1.165, 1.54) is 0 Å². The molecular weight excluding hydrogens is 144 g/mol. The summed E-state index contributed by atoms with van der Waals surface area (Å²) < 4.78 is 10.1. The molecule has 0 aromatic heterocycles. The van der Waals surface area contributed by atoms with Crippen LogP contribution in [0.2, 0.25) is 0 Å². The second-order valence-corrected chi connectivity index (χ2v) is 2.30. The maximum atomic E-state index is 9.20. The minimum atomic E-state index is -0.374. The summed E-state index contributed by atoms with van der Waals surface area (Å²) in [7, 11) is 0. The molecule has 0 aliphatic heterocycles. The maximum Gasteiger partial charge on any atom is 0.0795 e. The number of rotatable bonds is 7. The molecule has 68 valence electrons. The summed E-state index contributed by atoms with van der Waals surface area (Å²) in [5, 5.41) is 9.20. The zero-order valence-corrected chi connectivity index (χ0v) is 7.38. The van der Waals surface area contributed by atoms with Gasteiger partial charge in [-0.3, -0.25) is 0 Å². The lowest BCUT2D eigenvalue weighted by molar-refractivity contribution is 0.0191. The van der Waals surface area contributed by atoms with Crippen LogP contribution < -0.4 is 0 Å². The highest BCUT2D eigenvalue weighted by Gasteiger charge is 2.02. The fourth-order valence-electron chi connectivity index (χ4n) is 0.701. The molecule has 3 heteroatoms. The van der Waals surface area contributed by atoms with E-state index in [1.807, 2.05) is 13.8 Å². The van der Waals surface area contributed by atoms with Crippen LogP contribution in [0.25, 0.3) is 0 Å². The number of aliphatic hydroxyl groups excluding tert-OH is 1. The average Bonchev–Trinajstić information content (AvgIpc) is 2.01. The quantitative estimate of drug-likeness (QED) is 0.563. The fraction of sp³-hybridized carbons (Fsp3) is 1.00. The molecule has 1 atom stereocenters. The van der Waals surface area contributed by atoms with E-state index in [0.29, 0.717) is 32.8 Å². The van der Waals surface area contributed by atoms with Gasteiger partial charge in [0.1, 0.15) is 0 Å². The molecule has 3 nitrogen and oxygen atoms in total. The van der Waals surface area contributed by atoms with E-state index in [9.17, 15) is 5.11 Å². The molecule has 0 aliphatic carbocycles. The largest absolute Gasteiger partial charge is 0.391 e. The highest BCUT2D eigenvalue weighted by atomic mass is 16.5. The van der Waals surface area contributed by atoms with Gasteiger partial charge in [0.15, 0.2) is 0 Å². The van der Waals surface area contributed by atoms with Crippen molar-refractivity contribution in [1.82, 2.24) is 0 Å². The maximum absolute atomic E-state index is 9.20. The Hall–Kier alpha value is -0.120. The number of ether oxygens (including phenoxy) is 2. The summed E-state index contributed by atoms with van der Waals surface area (Å²) in [6, 6.07) is 0. The molecule has 0 saturated heterocycles. The van der Waals surface area contributed by atoms with Gasteiger partial charge in [0.25, 0.3) is 0 Å². The van der Waals surface area contributed by atoms with Gasteiger partial charge < -0.3 is 14.6 Å². The van der Waals surface area contributed by atoms with Crippen molar-refractivity contribution in [3.8, 4) is 0 Å². The van der Waals surface area contributed by atoms with Crippen molar-refractivity contribution in [2.45, 2.75) is 26.4 Å². The lowest BCUT2D eigenvalue weighted by atomic mass is 10.3. The first-order valence-electron chi connectivity index (χ1n) is 4.14. The third-order valence-electron chi connectivity index (χ3n) is 1.31. The molecule has 0 spiro atoms. The van der Waals surface area contributed by atoms with Crippen molar-refractivity contribution in [1.29, 1.82) is 0 Å². The van der Waals surface area contributed by atoms with Crippen molar-refractivity contribution in [3.63, 3.8) is 0 Å². The van der Waals surface area contributed by atoms with Crippen LogP contribution in [0.5, 0.6) is 0 Å². The van der Waals surface area contributed by atoms with Gasteiger partial charge in [-0.1, -0.05) is 0 Å². The molecule has 0 radical (unpaired) electrons. The van der Waals surface area contributed by atoms with Gasteiger partial charge in [0, 0.05) is 19.8 Å². The first kappa shape index (κ1) is 10.9. The van der Waals surface area contributed by atoms with Gasteiger partial charge in [0.2, 0.25) is 0 Å². The summed E-state index contributed by atoms with van der Waals surface area (Å²) in [6.07, 6.45) is 0.287.